The molecule has 1 aromatic heterocycles. The molecular formula is C23H14F3N3S. The van der Waals surface area contributed by atoms with Gasteiger partial charge in [0.1, 0.15) is 16.6 Å². The first-order valence-corrected chi connectivity index (χ1v) is 9.82. The second kappa shape index (κ2) is 8.01. The molecule has 4 rings (SSSR count). The molecule has 0 radical (unpaired) electrons. The van der Waals surface area contributed by atoms with Gasteiger partial charge in [0.25, 0.3) is 0 Å². The van der Waals surface area contributed by atoms with Crippen LogP contribution < -0.4 is 5.32 Å². The van der Waals surface area contributed by atoms with Crippen molar-refractivity contribution in [1.29, 1.82) is 5.26 Å². The molecule has 4 aromatic rings. The Kier molecular flexibility index (Phi) is 5.25. The van der Waals surface area contributed by atoms with Crippen molar-refractivity contribution in [2.45, 2.75) is 6.18 Å². The quantitative estimate of drug-likeness (QED) is 0.362. The molecule has 0 amide bonds. The Labute approximate surface area is 174 Å². The molecule has 0 fully saturated rings. The van der Waals surface area contributed by atoms with E-state index >= 15 is 0 Å². The number of allylic oxidation sites excluding steroid dienone is 1. The van der Waals surface area contributed by atoms with Crippen molar-refractivity contribution in [2.75, 3.05) is 5.32 Å². The highest BCUT2D eigenvalue weighted by Gasteiger charge is 2.33. The average molecular weight is 421 g/mol. The SMILES string of the molecule is N#C/C(=C\Nc1ccccc1C(F)(F)F)c1nc(-c2cccc3ccccc23)cs1. The van der Waals surface area contributed by atoms with Crippen molar-refractivity contribution in [3.8, 4) is 17.3 Å². The molecule has 0 aliphatic rings. The second-order valence-electron chi connectivity index (χ2n) is 6.42. The van der Waals surface area contributed by atoms with Crippen molar-refractivity contribution < 1.29 is 13.2 Å². The van der Waals surface area contributed by atoms with Crippen LogP contribution in [-0.4, -0.2) is 4.98 Å². The number of nitrogens with zero attached hydrogens (tertiary/aromatic N) is 2. The third-order valence-electron chi connectivity index (χ3n) is 4.53. The maximum absolute atomic E-state index is 13.2. The van der Waals surface area contributed by atoms with E-state index in [0.717, 1.165) is 22.4 Å². The smallest absolute Gasteiger partial charge is 0.360 e. The van der Waals surface area contributed by atoms with Gasteiger partial charge in [-0.2, -0.15) is 18.4 Å². The van der Waals surface area contributed by atoms with Gasteiger partial charge in [0.05, 0.1) is 16.9 Å². The number of fused-ring (bicyclic) bond motifs is 1. The highest BCUT2D eigenvalue weighted by atomic mass is 32.1. The summed E-state index contributed by atoms with van der Waals surface area (Å²) in [5, 5.41) is 16.5. The molecule has 3 aromatic carbocycles. The zero-order valence-electron chi connectivity index (χ0n) is 15.4. The Morgan fingerprint density at radius 2 is 1.73 bits per heavy atom. The lowest BCUT2D eigenvalue weighted by Gasteiger charge is -2.12. The van der Waals surface area contributed by atoms with E-state index in [1.54, 1.807) is 0 Å². The first kappa shape index (κ1) is 19.7. The Morgan fingerprint density at radius 3 is 2.53 bits per heavy atom. The largest absolute Gasteiger partial charge is 0.418 e. The van der Waals surface area contributed by atoms with Gasteiger partial charge in [-0.05, 0) is 22.9 Å². The zero-order chi connectivity index (χ0) is 21.1. The van der Waals surface area contributed by atoms with Crippen molar-refractivity contribution in [1.82, 2.24) is 4.98 Å². The van der Waals surface area contributed by atoms with Gasteiger partial charge < -0.3 is 5.32 Å². The summed E-state index contributed by atoms with van der Waals surface area (Å²) in [6.45, 7) is 0. The predicted octanol–water partition coefficient (Wildman–Crippen LogP) is 6.96. The molecule has 1 N–H and O–H groups in total. The van der Waals surface area contributed by atoms with E-state index in [9.17, 15) is 18.4 Å². The molecule has 0 spiro atoms. The molecule has 148 valence electrons. The average Bonchev–Trinajstić information content (AvgIpc) is 3.23. The molecule has 30 heavy (non-hydrogen) atoms. The van der Waals surface area contributed by atoms with E-state index in [-0.39, 0.29) is 11.3 Å². The lowest BCUT2D eigenvalue weighted by molar-refractivity contribution is -0.136. The number of nitriles is 1. The summed E-state index contributed by atoms with van der Waals surface area (Å²) in [4.78, 5) is 4.55. The van der Waals surface area contributed by atoms with Crippen LogP contribution in [0, 0.1) is 11.3 Å². The van der Waals surface area contributed by atoms with Gasteiger partial charge in [-0.25, -0.2) is 4.98 Å². The maximum Gasteiger partial charge on any atom is 0.418 e. The Morgan fingerprint density at radius 1 is 1.00 bits per heavy atom. The highest BCUT2D eigenvalue weighted by molar-refractivity contribution is 7.11. The summed E-state index contributed by atoms with van der Waals surface area (Å²) in [7, 11) is 0. The van der Waals surface area contributed by atoms with Crippen molar-refractivity contribution in [3.05, 3.63) is 88.9 Å². The Hall–Kier alpha value is -3.63. The van der Waals surface area contributed by atoms with Crippen molar-refractivity contribution in [2.24, 2.45) is 0 Å². The number of halogens is 3. The normalized spacial score (nSPS) is 12.0. The van der Waals surface area contributed by atoms with Gasteiger partial charge in [-0.15, -0.1) is 11.3 Å². The third kappa shape index (κ3) is 3.91. The number of thiazole rings is 1. The number of benzene rings is 3. The monoisotopic (exact) mass is 421 g/mol. The summed E-state index contributed by atoms with van der Waals surface area (Å²) in [6.07, 6.45) is -3.23. The van der Waals surface area contributed by atoms with E-state index in [4.69, 9.17) is 0 Å². The Balaban J connectivity index is 1.66. The van der Waals surface area contributed by atoms with Crippen LogP contribution in [0.2, 0.25) is 0 Å². The van der Waals surface area contributed by atoms with Crippen LogP contribution in [0.4, 0.5) is 18.9 Å². The fourth-order valence-corrected chi connectivity index (χ4v) is 3.90. The van der Waals surface area contributed by atoms with Crippen LogP contribution in [0.5, 0.6) is 0 Å². The number of rotatable bonds is 4. The summed E-state index contributed by atoms with van der Waals surface area (Å²) in [5.74, 6) is 0. The lowest BCUT2D eigenvalue weighted by atomic mass is 10.0. The number of alkyl halides is 3. The summed E-state index contributed by atoms with van der Waals surface area (Å²) in [5.41, 5.74) is 0.882. The van der Waals surface area contributed by atoms with Crippen molar-refractivity contribution in [3.63, 3.8) is 0 Å². The molecule has 0 aliphatic carbocycles. The van der Waals surface area contributed by atoms with Crippen LogP contribution in [0.1, 0.15) is 10.6 Å². The number of para-hydroxylation sites is 1. The van der Waals surface area contributed by atoms with Gasteiger partial charge in [-0.1, -0.05) is 54.6 Å². The van der Waals surface area contributed by atoms with E-state index in [1.807, 2.05) is 53.9 Å². The first-order valence-electron chi connectivity index (χ1n) is 8.94. The molecular weight excluding hydrogens is 407 g/mol. The fourth-order valence-electron chi connectivity index (χ4n) is 3.12. The predicted molar refractivity (Wildman–Crippen MR) is 114 cm³/mol. The van der Waals surface area contributed by atoms with Gasteiger partial charge in [0, 0.05) is 17.1 Å². The minimum Gasteiger partial charge on any atom is -0.360 e. The van der Waals surface area contributed by atoms with E-state index in [0.29, 0.717) is 10.7 Å². The van der Waals surface area contributed by atoms with Gasteiger partial charge in [0.2, 0.25) is 0 Å². The molecule has 0 bridgehead atoms. The van der Waals surface area contributed by atoms with E-state index in [1.165, 1.54) is 35.7 Å². The van der Waals surface area contributed by atoms with Crippen LogP contribution in [0.15, 0.2) is 78.3 Å². The fraction of sp³-hybridized carbons (Fsp3) is 0.0435. The minimum absolute atomic E-state index is 0.122. The molecule has 0 atom stereocenters. The molecule has 0 saturated heterocycles. The Bertz CT molecular complexity index is 1280. The van der Waals surface area contributed by atoms with Gasteiger partial charge in [-0.3, -0.25) is 0 Å². The minimum atomic E-state index is -4.49. The van der Waals surface area contributed by atoms with Crippen LogP contribution >= 0.6 is 11.3 Å². The zero-order valence-corrected chi connectivity index (χ0v) is 16.3. The number of nitrogens with one attached hydrogen (secondary N) is 1. The number of hydrogen-bond acceptors (Lipinski definition) is 4. The van der Waals surface area contributed by atoms with Gasteiger partial charge >= 0.3 is 6.18 Å². The molecule has 3 nitrogen and oxygen atoms in total. The molecule has 7 heteroatoms. The summed E-state index contributed by atoms with van der Waals surface area (Å²) >= 11 is 1.27. The highest BCUT2D eigenvalue weighted by Crippen LogP contribution is 2.35. The lowest BCUT2D eigenvalue weighted by Crippen LogP contribution is -2.08. The van der Waals surface area contributed by atoms with E-state index < -0.39 is 11.7 Å². The van der Waals surface area contributed by atoms with Crippen LogP contribution in [0.25, 0.3) is 27.6 Å². The molecule has 0 aliphatic heterocycles. The first-order chi connectivity index (χ1) is 14.5. The van der Waals surface area contributed by atoms with E-state index in [2.05, 4.69) is 10.3 Å². The molecule has 0 unspecified atom stereocenters. The summed E-state index contributed by atoms with van der Waals surface area (Å²) in [6, 6.07) is 21.0. The maximum atomic E-state index is 13.2. The van der Waals surface area contributed by atoms with Crippen molar-refractivity contribution >= 4 is 33.4 Å². The number of hydrogen-bond donors (Lipinski definition) is 1. The topological polar surface area (TPSA) is 48.7 Å². The number of anilines is 1. The summed E-state index contributed by atoms with van der Waals surface area (Å²) < 4.78 is 39.5. The molecule has 0 saturated carbocycles. The third-order valence-corrected chi connectivity index (χ3v) is 5.40. The molecule has 1 heterocycles. The number of aromatic nitrogens is 1. The standard InChI is InChI=1S/C23H14F3N3S/c24-23(25,26)19-10-3-4-11-20(19)28-13-16(12-27)22-29-21(14-30-22)18-9-5-7-15-6-1-2-8-17(15)18/h1-11,13-14,28H/b16-13+. The van der Waals surface area contributed by atoms with Crippen LogP contribution in [-0.2, 0) is 6.18 Å². The van der Waals surface area contributed by atoms with Gasteiger partial charge in [0.15, 0.2) is 0 Å². The van der Waals surface area contributed by atoms with Crippen LogP contribution in [0.3, 0.4) is 0 Å². The second-order valence-corrected chi connectivity index (χ2v) is 7.28.